The molecular weight excluding hydrogens is 276 g/mol. The molecule has 2 rings (SSSR count). The summed E-state index contributed by atoms with van der Waals surface area (Å²) in [4.78, 5) is 32.8. The molecule has 0 aliphatic carbocycles. The molecular formula is C13H18N4O4. The molecule has 1 atom stereocenters. The Morgan fingerprint density at radius 2 is 2.33 bits per heavy atom. The molecule has 21 heavy (non-hydrogen) atoms. The van der Waals surface area contributed by atoms with Gasteiger partial charge in [0.1, 0.15) is 11.9 Å². The summed E-state index contributed by atoms with van der Waals surface area (Å²) in [5.74, 6) is -0.932. The summed E-state index contributed by atoms with van der Waals surface area (Å²) >= 11 is 0. The average molecular weight is 294 g/mol. The number of nitrogens with one attached hydrogen (secondary N) is 1. The summed E-state index contributed by atoms with van der Waals surface area (Å²) in [6, 6.07) is -0.524. The fourth-order valence-corrected chi connectivity index (χ4v) is 2.06. The summed E-state index contributed by atoms with van der Waals surface area (Å²) in [5, 5.41) is 11.8. The van der Waals surface area contributed by atoms with Gasteiger partial charge in [0.25, 0.3) is 0 Å². The summed E-state index contributed by atoms with van der Waals surface area (Å²) in [5.41, 5.74) is -0.147. The van der Waals surface area contributed by atoms with E-state index >= 15 is 0 Å². The molecule has 0 spiro atoms. The van der Waals surface area contributed by atoms with Crippen LogP contribution in [-0.2, 0) is 9.53 Å². The number of morpholine rings is 1. The second-order valence-corrected chi connectivity index (χ2v) is 4.64. The normalized spacial score (nSPS) is 18.3. The first-order chi connectivity index (χ1) is 10.1. The monoisotopic (exact) mass is 294 g/mol. The number of carbonyl (C=O) groups is 2. The van der Waals surface area contributed by atoms with Gasteiger partial charge in [0.15, 0.2) is 5.69 Å². The van der Waals surface area contributed by atoms with E-state index in [0.717, 1.165) is 6.42 Å². The molecule has 1 aliphatic rings. The maximum Gasteiger partial charge on any atom is 0.356 e. The molecule has 0 radical (unpaired) electrons. The summed E-state index contributed by atoms with van der Waals surface area (Å²) in [6.07, 6.45) is 3.48. The molecule has 8 heteroatoms. The highest BCUT2D eigenvalue weighted by atomic mass is 16.5. The van der Waals surface area contributed by atoms with Crippen molar-refractivity contribution in [2.75, 3.05) is 31.2 Å². The van der Waals surface area contributed by atoms with Crippen LogP contribution >= 0.6 is 0 Å². The van der Waals surface area contributed by atoms with Crippen LogP contribution in [0.5, 0.6) is 0 Å². The zero-order valence-corrected chi connectivity index (χ0v) is 11.8. The minimum absolute atomic E-state index is 0.147. The lowest BCUT2D eigenvalue weighted by atomic mass is 10.2. The second kappa shape index (κ2) is 6.98. The zero-order valence-electron chi connectivity index (χ0n) is 11.8. The van der Waals surface area contributed by atoms with Crippen LogP contribution in [0.1, 0.15) is 23.8 Å². The number of carbonyl (C=O) groups excluding carboxylic acids is 1. The number of anilines is 1. The smallest absolute Gasteiger partial charge is 0.356 e. The Bertz CT molecular complexity index is 523. The average Bonchev–Trinajstić information content (AvgIpc) is 2.52. The molecule has 1 fully saturated rings. The van der Waals surface area contributed by atoms with Gasteiger partial charge < -0.3 is 20.1 Å². The van der Waals surface area contributed by atoms with Gasteiger partial charge in [-0.05, 0) is 6.42 Å². The molecule has 1 aliphatic heterocycles. The predicted molar refractivity (Wildman–Crippen MR) is 74.2 cm³/mol. The standard InChI is InChI=1S/C13H18N4O4/c1-2-3-15-12(18)10-8-21-5-4-17(10)11-7-14-6-9(16-11)13(19)20/h6-7,10H,2-5,8H2,1H3,(H,15,18)(H,19,20). The molecule has 2 heterocycles. The predicted octanol–water partition coefficient (Wildman–Crippen LogP) is -0.0938. The van der Waals surface area contributed by atoms with Gasteiger partial charge >= 0.3 is 5.97 Å². The maximum absolute atomic E-state index is 12.2. The van der Waals surface area contributed by atoms with Gasteiger partial charge in [-0.2, -0.15) is 0 Å². The van der Waals surface area contributed by atoms with Crippen molar-refractivity contribution in [1.82, 2.24) is 15.3 Å². The van der Waals surface area contributed by atoms with Gasteiger partial charge in [-0.25, -0.2) is 9.78 Å². The molecule has 0 saturated carbocycles. The third-order valence-corrected chi connectivity index (χ3v) is 3.12. The van der Waals surface area contributed by atoms with Crippen molar-refractivity contribution >= 4 is 17.7 Å². The SMILES string of the molecule is CCCNC(=O)C1COCCN1c1cncc(C(=O)O)n1. The Morgan fingerprint density at radius 1 is 1.52 bits per heavy atom. The fourth-order valence-electron chi connectivity index (χ4n) is 2.06. The Kier molecular flexibility index (Phi) is 5.04. The number of carboxylic acids is 1. The van der Waals surface area contributed by atoms with Crippen molar-refractivity contribution in [3.8, 4) is 0 Å². The Labute approximate surface area is 122 Å². The molecule has 0 bridgehead atoms. The molecule has 1 unspecified atom stereocenters. The fraction of sp³-hybridized carbons (Fsp3) is 0.538. The lowest BCUT2D eigenvalue weighted by molar-refractivity contribution is -0.124. The van der Waals surface area contributed by atoms with E-state index in [0.29, 0.717) is 25.5 Å². The Morgan fingerprint density at radius 3 is 3.05 bits per heavy atom. The summed E-state index contributed by atoms with van der Waals surface area (Å²) in [6.45, 7) is 3.72. The quantitative estimate of drug-likeness (QED) is 0.781. The van der Waals surface area contributed by atoms with E-state index in [4.69, 9.17) is 9.84 Å². The van der Waals surface area contributed by atoms with Crippen molar-refractivity contribution in [3.05, 3.63) is 18.1 Å². The third kappa shape index (κ3) is 3.66. The first-order valence-corrected chi connectivity index (χ1v) is 6.81. The third-order valence-electron chi connectivity index (χ3n) is 3.12. The highest BCUT2D eigenvalue weighted by molar-refractivity contribution is 5.87. The minimum Gasteiger partial charge on any atom is -0.476 e. The zero-order chi connectivity index (χ0) is 15.2. The van der Waals surface area contributed by atoms with Gasteiger partial charge in [0.05, 0.1) is 25.6 Å². The van der Waals surface area contributed by atoms with Crippen LogP contribution in [0.4, 0.5) is 5.82 Å². The lowest BCUT2D eigenvalue weighted by Crippen LogP contribution is -2.54. The van der Waals surface area contributed by atoms with Crippen LogP contribution in [0.3, 0.4) is 0 Å². The molecule has 114 valence electrons. The number of aromatic nitrogens is 2. The van der Waals surface area contributed by atoms with Crippen LogP contribution < -0.4 is 10.2 Å². The number of aromatic carboxylic acids is 1. The molecule has 1 amide bonds. The number of amides is 1. The van der Waals surface area contributed by atoms with Crippen molar-refractivity contribution in [2.45, 2.75) is 19.4 Å². The number of rotatable bonds is 5. The summed E-state index contributed by atoms with van der Waals surface area (Å²) < 4.78 is 5.35. The van der Waals surface area contributed by atoms with E-state index in [1.54, 1.807) is 4.90 Å². The summed E-state index contributed by atoms with van der Waals surface area (Å²) in [7, 11) is 0. The largest absolute Gasteiger partial charge is 0.476 e. The topological polar surface area (TPSA) is 105 Å². The Hall–Kier alpha value is -2.22. The first kappa shape index (κ1) is 15.2. The molecule has 1 aromatic heterocycles. The van der Waals surface area contributed by atoms with Gasteiger partial charge in [-0.1, -0.05) is 6.92 Å². The minimum atomic E-state index is -1.15. The van der Waals surface area contributed by atoms with Gasteiger partial charge in [0.2, 0.25) is 5.91 Å². The first-order valence-electron chi connectivity index (χ1n) is 6.81. The van der Waals surface area contributed by atoms with Gasteiger partial charge in [-0.15, -0.1) is 0 Å². The van der Waals surface area contributed by atoms with E-state index < -0.39 is 12.0 Å². The number of nitrogens with zero attached hydrogens (tertiary/aromatic N) is 3. The number of hydrogen-bond donors (Lipinski definition) is 2. The highest BCUT2D eigenvalue weighted by Gasteiger charge is 2.30. The van der Waals surface area contributed by atoms with E-state index in [-0.39, 0.29) is 18.2 Å². The van der Waals surface area contributed by atoms with Gasteiger partial charge in [-0.3, -0.25) is 9.78 Å². The van der Waals surface area contributed by atoms with Crippen LogP contribution in [0.25, 0.3) is 0 Å². The van der Waals surface area contributed by atoms with Crippen LogP contribution in [0.2, 0.25) is 0 Å². The van der Waals surface area contributed by atoms with Gasteiger partial charge in [0, 0.05) is 13.1 Å². The molecule has 1 saturated heterocycles. The lowest BCUT2D eigenvalue weighted by Gasteiger charge is -2.35. The van der Waals surface area contributed by atoms with E-state index in [9.17, 15) is 9.59 Å². The highest BCUT2D eigenvalue weighted by Crippen LogP contribution is 2.17. The van der Waals surface area contributed by atoms with Crippen molar-refractivity contribution in [1.29, 1.82) is 0 Å². The van der Waals surface area contributed by atoms with E-state index in [2.05, 4.69) is 15.3 Å². The number of carboxylic acid groups (broad SMARTS) is 1. The van der Waals surface area contributed by atoms with Crippen LogP contribution in [-0.4, -0.2) is 59.3 Å². The van der Waals surface area contributed by atoms with Crippen molar-refractivity contribution < 1.29 is 19.4 Å². The van der Waals surface area contributed by atoms with Crippen molar-refractivity contribution in [3.63, 3.8) is 0 Å². The molecule has 1 aromatic rings. The molecule has 8 nitrogen and oxygen atoms in total. The molecule has 0 aromatic carbocycles. The van der Waals surface area contributed by atoms with Crippen LogP contribution in [0.15, 0.2) is 12.4 Å². The van der Waals surface area contributed by atoms with Crippen LogP contribution in [0, 0.1) is 0 Å². The Balaban J connectivity index is 2.20. The van der Waals surface area contributed by atoms with Crippen molar-refractivity contribution in [2.24, 2.45) is 0 Å². The molecule has 2 N–H and O–H groups in total. The number of hydrogen-bond acceptors (Lipinski definition) is 6. The maximum atomic E-state index is 12.2. The van der Waals surface area contributed by atoms with E-state index in [1.807, 2.05) is 6.92 Å². The second-order valence-electron chi connectivity index (χ2n) is 4.64. The number of ether oxygens (including phenoxy) is 1. The van der Waals surface area contributed by atoms with E-state index in [1.165, 1.54) is 12.4 Å².